The van der Waals surface area contributed by atoms with Crippen LogP contribution in [-0.2, 0) is 6.54 Å². The van der Waals surface area contributed by atoms with Crippen molar-refractivity contribution in [1.29, 1.82) is 0 Å². The minimum Gasteiger partial charge on any atom is -0.319 e. The maximum absolute atomic E-state index is 13.5. The number of hydrogen-bond donors (Lipinski definition) is 1. The van der Waals surface area contributed by atoms with Crippen molar-refractivity contribution in [2.75, 3.05) is 31.5 Å². The average Bonchev–Trinajstić information content (AvgIpc) is 3.37. The highest BCUT2D eigenvalue weighted by atomic mass is 32.2. The molecule has 2 aliphatic carbocycles. The van der Waals surface area contributed by atoms with E-state index in [4.69, 9.17) is 0 Å². The Morgan fingerprint density at radius 2 is 1.76 bits per heavy atom. The third-order valence-corrected chi connectivity index (χ3v) is 9.86. The standard InChI is InChI=1S/C29H45N5OS2/c1-3-5-8-17-26(4-2)37-33-20-18-32(19-21-33)23-27-22-30-28(36-27)31-29(35)34(24-13-9-6-10-14-24)25-15-11-7-12-16-25/h3-4,8,17,22,24-25H,1,5-7,9-16,18-21,23H2,2H3,(H,30,31,35)/b17-8?,26-4+. The molecule has 2 heterocycles. The number of piperazine rings is 1. The Balaban J connectivity index is 1.26. The molecule has 0 aromatic carbocycles. The fourth-order valence-electron chi connectivity index (χ4n) is 5.75. The highest BCUT2D eigenvalue weighted by Gasteiger charge is 2.33. The van der Waals surface area contributed by atoms with Crippen LogP contribution < -0.4 is 5.32 Å². The van der Waals surface area contributed by atoms with Gasteiger partial charge in [0.15, 0.2) is 5.13 Å². The maximum atomic E-state index is 13.5. The Hall–Kier alpha value is -1.61. The van der Waals surface area contributed by atoms with Gasteiger partial charge in [-0.3, -0.25) is 10.2 Å². The molecule has 0 spiro atoms. The summed E-state index contributed by atoms with van der Waals surface area (Å²) in [6.07, 6.45) is 23.5. The van der Waals surface area contributed by atoms with Crippen molar-refractivity contribution in [2.24, 2.45) is 0 Å². The number of aromatic nitrogens is 1. The summed E-state index contributed by atoms with van der Waals surface area (Å²) in [7, 11) is 0. The van der Waals surface area contributed by atoms with Gasteiger partial charge in [0.2, 0.25) is 0 Å². The number of thiazole rings is 1. The van der Waals surface area contributed by atoms with Crippen LogP contribution in [0.15, 0.2) is 42.0 Å². The molecular weight excluding hydrogens is 498 g/mol. The molecule has 8 heteroatoms. The summed E-state index contributed by atoms with van der Waals surface area (Å²) in [5.41, 5.74) is 0. The number of nitrogens with zero attached hydrogens (tertiary/aromatic N) is 4. The summed E-state index contributed by atoms with van der Waals surface area (Å²) in [6, 6.07) is 0.865. The molecule has 3 fully saturated rings. The summed E-state index contributed by atoms with van der Waals surface area (Å²) in [4.78, 5) is 25.3. The van der Waals surface area contributed by atoms with Crippen molar-refractivity contribution in [3.63, 3.8) is 0 Å². The number of nitrogens with one attached hydrogen (secondary N) is 1. The van der Waals surface area contributed by atoms with Gasteiger partial charge in [-0.05, 0) is 51.0 Å². The molecule has 204 valence electrons. The average molecular weight is 544 g/mol. The van der Waals surface area contributed by atoms with Gasteiger partial charge in [-0.25, -0.2) is 14.1 Å². The SMILES string of the molecule is C=CCC=C/C(=C\C)SN1CCN(Cc2cnc(NC(=O)N(C3CCCCC3)C3CCCCC3)s2)CC1. The first-order valence-corrected chi connectivity index (χ1v) is 15.9. The fourth-order valence-corrected chi connectivity index (χ4v) is 7.50. The molecule has 1 aliphatic heterocycles. The maximum Gasteiger partial charge on any atom is 0.324 e. The van der Waals surface area contributed by atoms with Crippen molar-refractivity contribution < 1.29 is 4.79 Å². The molecule has 0 atom stereocenters. The molecule has 37 heavy (non-hydrogen) atoms. The van der Waals surface area contributed by atoms with E-state index < -0.39 is 0 Å². The van der Waals surface area contributed by atoms with Crippen molar-refractivity contribution in [1.82, 2.24) is 19.1 Å². The Kier molecular flexibility index (Phi) is 11.6. The number of carbonyl (C=O) groups is 1. The fraction of sp³-hybridized carbons (Fsp3) is 0.655. The van der Waals surface area contributed by atoms with E-state index in [0.29, 0.717) is 12.1 Å². The van der Waals surface area contributed by atoms with Crippen LogP contribution in [0.3, 0.4) is 0 Å². The second-order valence-corrected chi connectivity index (χ2v) is 12.8. The second kappa shape index (κ2) is 15.1. The zero-order chi connectivity index (χ0) is 25.9. The summed E-state index contributed by atoms with van der Waals surface area (Å²) < 4.78 is 2.45. The largest absolute Gasteiger partial charge is 0.324 e. The van der Waals surface area contributed by atoms with Gasteiger partial charge in [0.1, 0.15) is 0 Å². The lowest BCUT2D eigenvalue weighted by atomic mass is 9.89. The van der Waals surface area contributed by atoms with Crippen LogP contribution in [0.5, 0.6) is 0 Å². The van der Waals surface area contributed by atoms with Crippen molar-refractivity contribution >= 4 is 34.4 Å². The summed E-state index contributed by atoms with van der Waals surface area (Å²) in [5, 5.41) is 3.94. The van der Waals surface area contributed by atoms with Gasteiger partial charge >= 0.3 is 6.03 Å². The number of allylic oxidation sites excluding steroid dienone is 4. The minimum atomic E-state index is 0.0762. The molecule has 0 radical (unpaired) electrons. The van der Waals surface area contributed by atoms with Crippen molar-refractivity contribution in [3.8, 4) is 0 Å². The van der Waals surface area contributed by atoms with Crippen LogP contribution in [0.2, 0.25) is 0 Å². The Morgan fingerprint density at radius 1 is 1.11 bits per heavy atom. The van der Waals surface area contributed by atoms with E-state index in [0.717, 1.165) is 70.0 Å². The zero-order valence-electron chi connectivity index (χ0n) is 22.6. The predicted octanol–water partition coefficient (Wildman–Crippen LogP) is 7.44. The quantitative estimate of drug-likeness (QED) is 0.189. The molecule has 1 aromatic rings. The first-order chi connectivity index (χ1) is 18.2. The van der Waals surface area contributed by atoms with Gasteiger partial charge < -0.3 is 4.90 Å². The normalized spacial score (nSPS) is 21.4. The molecule has 3 aliphatic rings. The molecule has 4 rings (SSSR count). The first kappa shape index (κ1) is 28.4. The van der Waals surface area contributed by atoms with Crippen LogP contribution >= 0.6 is 23.3 Å². The number of anilines is 1. The van der Waals surface area contributed by atoms with Crippen LogP contribution in [0.1, 0.15) is 82.4 Å². The molecule has 2 amide bonds. The van der Waals surface area contributed by atoms with Crippen LogP contribution in [0.4, 0.5) is 9.93 Å². The molecule has 6 nitrogen and oxygen atoms in total. The van der Waals surface area contributed by atoms with Gasteiger partial charge in [0.05, 0.1) is 0 Å². The van der Waals surface area contributed by atoms with Gasteiger partial charge in [0.25, 0.3) is 0 Å². The molecule has 1 aromatic heterocycles. The smallest absolute Gasteiger partial charge is 0.319 e. The van der Waals surface area contributed by atoms with E-state index in [1.807, 2.05) is 24.2 Å². The van der Waals surface area contributed by atoms with Crippen molar-refractivity contribution in [3.05, 3.63) is 46.9 Å². The Labute approximate surface area is 232 Å². The summed E-state index contributed by atoms with van der Waals surface area (Å²) >= 11 is 3.48. The molecule has 1 saturated heterocycles. The third-order valence-electron chi connectivity index (χ3n) is 7.75. The van der Waals surface area contributed by atoms with E-state index in [1.54, 1.807) is 11.3 Å². The second-order valence-electron chi connectivity index (χ2n) is 10.5. The molecule has 1 N–H and O–H groups in total. The van der Waals surface area contributed by atoms with Gasteiger partial charge in [0, 0.05) is 60.8 Å². The number of rotatable bonds is 10. The van der Waals surface area contributed by atoms with Gasteiger partial charge in [-0.15, -0.1) is 17.9 Å². The highest BCUT2D eigenvalue weighted by Crippen LogP contribution is 2.31. The topological polar surface area (TPSA) is 51.7 Å². The van der Waals surface area contributed by atoms with Crippen LogP contribution in [0.25, 0.3) is 0 Å². The third kappa shape index (κ3) is 8.70. The van der Waals surface area contributed by atoms with Crippen LogP contribution in [0, 0.1) is 0 Å². The van der Waals surface area contributed by atoms with E-state index >= 15 is 0 Å². The lowest BCUT2D eigenvalue weighted by molar-refractivity contribution is 0.114. The van der Waals surface area contributed by atoms with E-state index in [9.17, 15) is 4.79 Å². The first-order valence-electron chi connectivity index (χ1n) is 14.3. The molecule has 0 unspecified atom stereocenters. The van der Waals surface area contributed by atoms with E-state index in [-0.39, 0.29) is 6.03 Å². The minimum absolute atomic E-state index is 0.0762. The van der Waals surface area contributed by atoms with Gasteiger partial charge in [-0.1, -0.05) is 62.8 Å². The zero-order valence-corrected chi connectivity index (χ0v) is 24.2. The van der Waals surface area contributed by atoms with E-state index in [1.165, 1.54) is 48.3 Å². The molecule has 2 saturated carbocycles. The predicted molar refractivity (Wildman–Crippen MR) is 159 cm³/mol. The number of hydrogen-bond acceptors (Lipinski definition) is 6. The molecular formula is C29H45N5OS2. The Morgan fingerprint density at radius 3 is 2.35 bits per heavy atom. The van der Waals surface area contributed by atoms with Crippen molar-refractivity contribution in [2.45, 2.75) is 96.2 Å². The number of urea groups is 1. The number of carbonyl (C=O) groups excluding carboxylic acids is 1. The molecule has 0 bridgehead atoms. The highest BCUT2D eigenvalue weighted by molar-refractivity contribution is 8.01. The van der Waals surface area contributed by atoms with Crippen LogP contribution in [-0.4, -0.2) is 63.4 Å². The lowest BCUT2D eigenvalue weighted by Crippen LogP contribution is -2.50. The van der Waals surface area contributed by atoms with Gasteiger partial charge in [-0.2, -0.15) is 0 Å². The Bertz CT molecular complexity index is 891. The van der Waals surface area contributed by atoms with E-state index in [2.05, 4.69) is 56.1 Å². The monoisotopic (exact) mass is 543 g/mol. The number of amides is 2. The lowest BCUT2D eigenvalue weighted by Gasteiger charge is -2.41. The summed E-state index contributed by atoms with van der Waals surface area (Å²) in [5.74, 6) is 0. The summed E-state index contributed by atoms with van der Waals surface area (Å²) in [6.45, 7) is 10.9.